The van der Waals surface area contributed by atoms with E-state index in [2.05, 4.69) is 142 Å². The zero-order chi connectivity index (χ0) is 25.4. The van der Waals surface area contributed by atoms with E-state index in [-0.39, 0.29) is 0 Å². The molecule has 1 aromatic heterocycles. The molecule has 1 heteroatoms. The van der Waals surface area contributed by atoms with Crippen LogP contribution in [-0.2, 0) is 0 Å². The molecule has 0 bridgehead atoms. The molecule has 1 nitrogen and oxygen atoms in total. The minimum absolute atomic E-state index is 1.01. The smallest absolute Gasteiger partial charge is 0.0794 e. The van der Waals surface area contributed by atoms with Gasteiger partial charge in [-0.1, -0.05) is 132 Å². The lowest BCUT2D eigenvalue weighted by Gasteiger charge is -2.17. The van der Waals surface area contributed by atoms with Crippen molar-refractivity contribution in [2.75, 3.05) is 0 Å². The van der Waals surface area contributed by atoms with Gasteiger partial charge in [-0.3, -0.25) is 0 Å². The Morgan fingerprint density at radius 2 is 0.865 bits per heavy atom. The predicted molar refractivity (Wildman–Crippen MR) is 158 cm³/mol. The second-order valence-corrected chi connectivity index (χ2v) is 9.91. The van der Waals surface area contributed by atoms with Crippen LogP contribution < -0.4 is 0 Å². The maximum Gasteiger partial charge on any atom is 0.0794 e. The molecule has 0 unspecified atom stereocenters. The zero-order valence-corrected chi connectivity index (χ0v) is 21.5. The van der Waals surface area contributed by atoms with Crippen LogP contribution in [-0.4, -0.2) is 4.98 Å². The SMILES string of the molecule is Cc1ccc(-c2cc3c(-c4ccc(C)cc4)ccc(-c4ccc(C)cc4)c3nc2-c2ccccc2)cc1. The second-order valence-electron chi connectivity index (χ2n) is 9.91. The molecule has 37 heavy (non-hydrogen) atoms. The van der Waals surface area contributed by atoms with Crippen LogP contribution in [0.2, 0.25) is 0 Å². The molecule has 0 atom stereocenters. The Morgan fingerprint density at radius 3 is 1.41 bits per heavy atom. The van der Waals surface area contributed by atoms with Gasteiger partial charge in [0.05, 0.1) is 11.2 Å². The maximum atomic E-state index is 5.45. The van der Waals surface area contributed by atoms with E-state index in [1.54, 1.807) is 0 Å². The first-order valence-electron chi connectivity index (χ1n) is 12.8. The molecule has 0 N–H and O–H groups in total. The number of pyridine rings is 1. The summed E-state index contributed by atoms with van der Waals surface area (Å²) < 4.78 is 0. The number of aromatic nitrogens is 1. The fourth-order valence-corrected chi connectivity index (χ4v) is 4.98. The first-order valence-corrected chi connectivity index (χ1v) is 12.8. The molecule has 1 heterocycles. The highest BCUT2D eigenvalue weighted by Crippen LogP contribution is 2.40. The number of aryl methyl sites for hydroxylation is 3. The Labute approximate surface area is 219 Å². The van der Waals surface area contributed by atoms with Gasteiger partial charge in [-0.15, -0.1) is 0 Å². The number of rotatable bonds is 4. The fraction of sp³-hybridized carbons (Fsp3) is 0.0833. The number of fused-ring (bicyclic) bond motifs is 1. The highest BCUT2D eigenvalue weighted by Gasteiger charge is 2.17. The van der Waals surface area contributed by atoms with Crippen LogP contribution in [0.25, 0.3) is 55.5 Å². The van der Waals surface area contributed by atoms with Gasteiger partial charge in [0, 0.05) is 22.1 Å². The average Bonchev–Trinajstić information content (AvgIpc) is 2.94. The Hall–Kier alpha value is -4.49. The van der Waals surface area contributed by atoms with Gasteiger partial charge in [0.2, 0.25) is 0 Å². The summed E-state index contributed by atoms with van der Waals surface area (Å²) in [6, 6.07) is 43.7. The minimum Gasteiger partial charge on any atom is -0.246 e. The topological polar surface area (TPSA) is 12.9 Å². The molecule has 5 aromatic carbocycles. The third kappa shape index (κ3) is 4.45. The quantitative estimate of drug-likeness (QED) is 0.247. The predicted octanol–water partition coefficient (Wildman–Crippen LogP) is 9.83. The van der Waals surface area contributed by atoms with Crippen LogP contribution in [0.4, 0.5) is 0 Å². The van der Waals surface area contributed by atoms with Crippen molar-refractivity contribution in [1.82, 2.24) is 4.98 Å². The van der Waals surface area contributed by atoms with E-state index >= 15 is 0 Å². The molecule has 0 amide bonds. The van der Waals surface area contributed by atoms with Gasteiger partial charge < -0.3 is 0 Å². The Balaban J connectivity index is 1.71. The molecule has 178 valence electrons. The van der Waals surface area contributed by atoms with Gasteiger partial charge in [0.25, 0.3) is 0 Å². The van der Waals surface area contributed by atoms with Crippen LogP contribution in [0.3, 0.4) is 0 Å². The lowest BCUT2D eigenvalue weighted by atomic mass is 9.90. The molecule has 0 radical (unpaired) electrons. The molecule has 0 aliphatic carbocycles. The van der Waals surface area contributed by atoms with Crippen molar-refractivity contribution >= 4 is 10.9 Å². The summed E-state index contributed by atoms with van der Waals surface area (Å²) in [5, 5.41) is 1.16. The zero-order valence-electron chi connectivity index (χ0n) is 21.5. The molecule has 0 aliphatic heterocycles. The number of hydrogen-bond donors (Lipinski definition) is 0. The van der Waals surface area contributed by atoms with E-state index in [0.29, 0.717) is 0 Å². The molecule has 0 saturated heterocycles. The summed E-state index contributed by atoms with van der Waals surface area (Å²) in [5.41, 5.74) is 14.0. The molecule has 6 rings (SSSR count). The summed E-state index contributed by atoms with van der Waals surface area (Å²) in [7, 11) is 0. The maximum absolute atomic E-state index is 5.45. The largest absolute Gasteiger partial charge is 0.246 e. The number of benzene rings is 5. The summed E-state index contributed by atoms with van der Waals surface area (Å²) in [6.07, 6.45) is 0. The van der Waals surface area contributed by atoms with E-state index in [9.17, 15) is 0 Å². The third-order valence-corrected chi connectivity index (χ3v) is 7.12. The molecule has 6 aromatic rings. The van der Waals surface area contributed by atoms with Gasteiger partial charge in [0.15, 0.2) is 0 Å². The monoisotopic (exact) mass is 475 g/mol. The van der Waals surface area contributed by atoms with Crippen molar-refractivity contribution in [1.29, 1.82) is 0 Å². The van der Waals surface area contributed by atoms with Gasteiger partial charge in [-0.25, -0.2) is 4.98 Å². The van der Waals surface area contributed by atoms with E-state index in [4.69, 9.17) is 4.98 Å². The summed E-state index contributed by atoms with van der Waals surface area (Å²) in [4.78, 5) is 5.45. The van der Waals surface area contributed by atoms with Crippen LogP contribution in [0.5, 0.6) is 0 Å². The van der Waals surface area contributed by atoms with Crippen LogP contribution in [0.1, 0.15) is 16.7 Å². The standard InChI is InChI=1S/C36H29N/c1-24-9-15-27(16-10-24)31-21-22-32(28-17-11-25(2)12-18-28)36-34(31)23-33(29-19-13-26(3)14-20-29)35(37-36)30-7-5-4-6-8-30/h4-23H,1-3H3. The van der Waals surface area contributed by atoms with Crippen LogP contribution in [0, 0.1) is 20.8 Å². The molecule has 0 fully saturated rings. The second kappa shape index (κ2) is 9.52. The summed E-state index contributed by atoms with van der Waals surface area (Å²) in [5.74, 6) is 0. The van der Waals surface area contributed by atoms with Crippen LogP contribution in [0.15, 0.2) is 121 Å². The number of hydrogen-bond acceptors (Lipinski definition) is 1. The Bertz CT molecular complexity index is 1690. The van der Waals surface area contributed by atoms with Gasteiger partial charge in [-0.2, -0.15) is 0 Å². The van der Waals surface area contributed by atoms with Crippen molar-refractivity contribution in [2.45, 2.75) is 20.8 Å². The highest BCUT2D eigenvalue weighted by molar-refractivity contribution is 6.06. The lowest BCUT2D eigenvalue weighted by Crippen LogP contribution is -1.95. The van der Waals surface area contributed by atoms with Crippen molar-refractivity contribution in [3.63, 3.8) is 0 Å². The van der Waals surface area contributed by atoms with Crippen molar-refractivity contribution < 1.29 is 0 Å². The van der Waals surface area contributed by atoms with E-state index < -0.39 is 0 Å². The number of nitrogens with zero attached hydrogens (tertiary/aromatic N) is 1. The third-order valence-electron chi connectivity index (χ3n) is 7.12. The van der Waals surface area contributed by atoms with Crippen molar-refractivity contribution in [3.8, 4) is 44.6 Å². The van der Waals surface area contributed by atoms with Gasteiger partial charge in [-0.05, 0) is 49.1 Å². The Morgan fingerprint density at radius 1 is 0.405 bits per heavy atom. The highest BCUT2D eigenvalue weighted by atomic mass is 14.7. The molecule has 0 saturated carbocycles. The minimum atomic E-state index is 1.01. The van der Waals surface area contributed by atoms with Crippen molar-refractivity contribution in [3.05, 3.63) is 138 Å². The molecule has 0 spiro atoms. The normalized spacial score (nSPS) is 11.1. The van der Waals surface area contributed by atoms with Gasteiger partial charge in [0.1, 0.15) is 0 Å². The summed E-state index contributed by atoms with van der Waals surface area (Å²) >= 11 is 0. The lowest BCUT2D eigenvalue weighted by molar-refractivity contribution is 1.38. The Kier molecular flexibility index (Phi) is 5.90. The molecule has 0 aliphatic rings. The van der Waals surface area contributed by atoms with Gasteiger partial charge >= 0.3 is 0 Å². The molecular weight excluding hydrogens is 446 g/mol. The van der Waals surface area contributed by atoms with E-state index in [0.717, 1.165) is 33.3 Å². The molecular formula is C36H29N. The first-order chi connectivity index (χ1) is 18.1. The fourth-order valence-electron chi connectivity index (χ4n) is 4.98. The summed E-state index contributed by atoms with van der Waals surface area (Å²) in [6.45, 7) is 6.39. The average molecular weight is 476 g/mol. The first kappa shape index (κ1) is 22.9. The van der Waals surface area contributed by atoms with Crippen molar-refractivity contribution in [2.24, 2.45) is 0 Å². The van der Waals surface area contributed by atoms with E-state index in [1.807, 2.05) is 0 Å². The van der Waals surface area contributed by atoms with E-state index in [1.165, 1.54) is 38.9 Å². The van der Waals surface area contributed by atoms with Crippen LogP contribution >= 0.6 is 0 Å².